The Bertz CT molecular complexity index is 911. The molecule has 0 aliphatic carbocycles. The minimum atomic E-state index is -1.10. The third-order valence-electron chi connectivity index (χ3n) is 3.34. The zero-order chi connectivity index (χ0) is 17.1. The van der Waals surface area contributed by atoms with Gasteiger partial charge >= 0.3 is 57.4 Å². The molecule has 0 radical (unpaired) electrons. The van der Waals surface area contributed by atoms with Crippen LogP contribution in [-0.4, -0.2) is 38.1 Å². The molecule has 3 aromatic rings. The molecule has 3 rings (SSSR count). The molecule has 0 saturated heterocycles. The van der Waals surface area contributed by atoms with E-state index in [-0.39, 0.29) is 57.9 Å². The first-order valence-corrected chi connectivity index (χ1v) is 7.48. The summed E-state index contributed by atoms with van der Waals surface area (Å²) in [6.45, 7) is -0.520. The van der Waals surface area contributed by atoms with E-state index < -0.39 is 18.4 Å². The third-order valence-corrected chi connectivity index (χ3v) is 3.60. The van der Waals surface area contributed by atoms with Crippen molar-refractivity contribution in [3.8, 4) is 11.4 Å². The second-order valence-corrected chi connectivity index (χ2v) is 5.48. The molecular weight excluding hydrogens is 371 g/mol. The van der Waals surface area contributed by atoms with E-state index >= 15 is 0 Å². The van der Waals surface area contributed by atoms with E-state index in [9.17, 15) is 9.59 Å². The summed E-state index contributed by atoms with van der Waals surface area (Å²) in [4.78, 5) is 31.4. The van der Waals surface area contributed by atoms with Gasteiger partial charge in [0.15, 0.2) is 5.65 Å². The van der Waals surface area contributed by atoms with Gasteiger partial charge in [0.1, 0.15) is 24.4 Å². The van der Waals surface area contributed by atoms with E-state index in [0.29, 0.717) is 22.0 Å². The van der Waals surface area contributed by atoms with E-state index in [1.165, 1.54) is 0 Å². The van der Waals surface area contributed by atoms with Gasteiger partial charge in [-0.05, 0) is 36.4 Å². The Kier molecular flexibility index (Phi) is 7.11. The molecule has 2 aromatic heterocycles. The number of carbonyl (C=O) groups is 2. The number of amides is 1. The quantitative estimate of drug-likeness (QED) is 0.548. The summed E-state index contributed by atoms with van der Waals surface area (Å²) in [5.74, 6) is -0.974. The number of carbonyl (C=O) groups excluding carboxylic acids is 1. The average Bonchev–Trinajstić information content (AvgIpc) is 2.92. The van der Waals surface area contributed by atoms with Gasteiger partial charge in [0.2, 0.25) is 5.91 Å². The maximum atomic E-state index is 12.0. The van der Waals surface area contributed by atoms with Crippen molar-refractivity contribution in [1.82, 2.24) is 19.9 Å². The minimum Gasteiger partial charge on any atom is -0.480 e. The van der Waals surface area contributed by atoms with Gasteiger partial charge in [-0.25, -0.2) is 9.97 Å². The molecule has 0 aliphatic rings. The maximum Gasteiger partial charge on any atom is 1.00 e. The third kappa shape index (κ3) is 4.87. The molecule has 0 saturated carbocycles. The van der Waals surface area contributed by atoms with Crippen LogP contribution in [0.4, 0.5) is 0 Å². The van der Waals surface area contributed by atoms with Crippen LogP contribution in [0.5, 0.6) is 0 Å². The number of pyridine rings is 1. The topological polar surface area (TPSA) is 97.1 Å². The summed E-state index contributed by atoms with van der Waals surface area (Å²) in [7, 11) is 0. The standard InChI is InChI=1S/C16H13ClN4O3.K/c17-11-5-3-10(4-6-11)15-20-12-2-1-7-18-16(12)21(15)9-13(22)19-8-14(23)24;/h1-7H,8-9H2,(H,19,22)(H,23,24);/q;+1. The van der Waals surface area contributed by atoms with Crippen molar-refractivity contribution in [3.05, 3.63) is 47.6 Å². The van der Waals surface area contributed by atoms with Crippen LogP contribution in [-0.2, 0) is 16.1 Å². The zero-order valence-corrected chi connectivity index (χ0v) is 17.3. The Morgan fingerprint density at radius 3 is 2.60 bits per heavy atom. The van der Waals surface area contributed by atoms with E-state index in [1.807, 2.05) is 0 Å². The van der Waals surface area contributed by atoms with Crippen LogP contribution in [0.1, 0.15) is 0 Å². The van der Waals surface area contributed by atoms with Gasteiger partial charge in [-0.1, -0.05) is 11.6 Å². The molecule has 7 nitrogen and oxygen atoms in total. The van der Waals surface area contributed by atoms with Crippen LogP contribution in [0.25, 0.3) is 22.6 Å². The maximum absolute atomic E-state index is 12.0. The predicted molar refractivity (Wildman–Crippen MR) is 88.6 cm³/mol. The van der Waals surface area contributed by atoms with Crippen molar-refractivity contribution in [2.45, 2.75) is 6.54 Å². The van der Waals surface area contributed by atoms with Crippen LogP contribution >= 0.6 is 11.6 Å². The molecule has 1 aromatic carbocycles. The van der Waals surface area contributed by atoms with Crippen molar-refractivity contribution in [1.29, 1.82) is 0 Å². The summed E-state index contributed by atoms with van der Waals surface area (Å²) in [5.41, 5.74) is 1.98. The monoisotopic (exact) mass is 383 g/mol. The average molecular weight is 384 g/mol. The molecule has 2 heterocycles. The summed E-state index contributed by atoms with van der Waals surface area (Å²) >= 11 is 5.91. The normalized spacial score (nSPS) is 10.3. The van der Waals surface area contributed by atoms with Gasteiger partial charge in [0, 0.05) is 16.8 Å². The van der Waals surface area contributed by atoms with E-state index in [0.717, 1.165) is 5.56 Å². The van der Waals surface area contributed by atoms with Crippen LogP contribution in [0, 0.1) is 0 Å². The number of benzene rings is 1. The molecule has 0 aliphatic heterocycles. The molecule has 122 valence electrons. The number of carboxylic acid groups (broad SMARTS) is 1. The predicted octanol–water partition coefficient (Wildman–Crippen LogP) is -1.04. The van der Waals surface area contributed by atoms with Crippen molar-refractivity contribution in [3.63, 3.8) is 0 Å². The number of rotatable bonds is 5. The largest absolute Gasteiger partial charge is 1.00 e. The smallest absolute Gasteiger partial charge is 0.480 e. The fourth-order valence-corrected chi connectivity index (χ4v) is 2.43. The van der Waals surface area contributed by atoms with Crippen LogP contribution < -0.4 is 56.7 Å². The van der Waals surface area contributed by atoms with Gasteiger partial charge in [-0.3, -0.25) is 14.2 Å². The first-order valence-electron chi connectivity index (χ1n) is 7.10. The number of aliphatic carboxylic acids is 1. The molecule has 1 amide bonds. The molecule has 0 bridgehead atoms. The number of hydrogen-bond acceptors (Lipinski definition) is 4. The second-order valence-electron chi connectivity index (χ2n) is 5.05. The number of carboxylic acids is 1. The van der Waals surface area contributed by atoms with Gasteiger partial charge in [-0.2, -0.15) is 0 Å². The van der Waals surface area contributed by atoms with Gasteiger partial charge in [0.05, 0.1) is 0 Å². The Labute approximate surface area is 190 Å². The number of imidazole rings is 1. The second kappa shape index (κ2) is 8.88. The molecule has 0 unspecified atom stereocenters. The first-order chi connectivity index (χ1) is 11.5. The van der Waals surface area contributed by atoms with Crippen molar-refractivity contribution in [2.24, 2.45) is 0 Å². The summed E-state index contributed by atoms with van der Waals surface area (Å²) < 4.78 is 1.65. The Morgan fingerprint density at radius 2 is 1.92 bits per heavy atom. The van der Waals surface area contributed by atoms with Crippen LogP contribution in [0.2, 0.25) is 5.02 Å². The minimum absolute atomic E-state index is 0. The number of halogens is 1. The van der Waals surface area contributed by atoms with Crippen LogP contribution in [0.3, 0.4) is 0 Å². The van der Waals surface area contributed by atoms with Gasteiger partial charge in [0.25, 0.3) is 0 Å². The van der Waals surface area contributed by atoms with Crippen molar-refractivity contribution >= 4 is 34.6 Å². The van der Waals surface area contributed by atoms with Gasteiger partial charge in [-0.15, -0.1) is 0 Å². The fourth-order valence-electron chi connectivity index (χ4n) is 2.30. The summed E-state index contributed by atoms with van der Waals surface area (Å²) in [6.07, 6.45) is 1.61. The first kappa shape index (κ1) is 20.0. The van der Waals surface area contributed by atoms with E-state index in [1.54, 1.807) is 47.2 Å². The zero-order valence-electron chi connectivity index (χ0n) is 13.4. The molecule has 0 atom stereocenters. The van der Waals surface area contributed by atoms with E-state index in [2.05, 4.69) is 15.3 Å². The van der Waals surface area contributed by atoms with E-state index in [4.69, 9.17) is 16.7 Å². The number of nitrogens with one attached hydrogen (secondary N) is 1. The number of nitrogens with zero attached hydrogens (tertiary/aromatic N) is 3. The molecule has 0 spiro atoms. The van der Waals surface area contributed by atoms with Crippen LogP contribution in [0.15, 0.2) is 42.6 Å². The van der Waals surface area contributed by atoms with Crippen molar-refractivity contribution < 1.29 is 66.1 Å². The Hall–Kier alpha value is -1.29. The fraction of sp³-hybridized carbons (Fsp3) is 0.125. The molecule has 2 N–H and O–H groups in total. The molecule has 9 heteroatoms. The number of aromatic nitrogens is 3. The summed E-state index contributed by atoms with van der Waals surface area (Å²) in [6, 6.07) is 10.6. The number of fused-ring (bicyclic) bond motifs is 1. The Balaban J connectivity index is 0.00000225. The van der Waals surface area contributed by atoms with Crippen molar-refractivity contribution in [2.75, 3.05) is 6.54 Å². The number of hydrogen-bond donors (Lipinski definition) is 2. The Morgan fingerprint density at radius 1 is 1.20 bits per heavy atom. The molecular formula is C16H13ClKN4O3+. The molecule has 25 heavy (non-hydrogen) atoms. The molecule has 0 fully saturated rings. The van der Waals surface area contributed by atoms with Gasteiger partial charge < -0.3 is 10.4 Å². The SMILES string of the molecule is O=C(O)CNC(=O)Cn1c(-c2ccc(Cl)cc2)nc2cccnc21.[K+]. The summed E-state index contributed by atoms with van der Waals surface area (Å²) in [5, 5.41) is 11.6.